The summed E-state index contributed by atoms with van der Waals surface area (Å²) in [5, 5.41) is 0. The number of nitrogens with two attached hydrogens (primary N) is 1. The second-order valence-corrected chi connectivity index (χ2v) is 2.01. The van der Waals surface area contributed by atoms with Gasteiger partial charge >= 0.3 is 6.01 Å². The van der Waals surface area contributed by atoms with Crippen molar-refractivity contribution in [3.63, 3.8) is 0 Å². The number of hydrogen-bond donors (Lipinski definition) is 1. The second kappa shape index (κ2) is 3.29. The average molecular weight is 175 g/mol. The molecule has 0 amide bonds. The zero-order valence-corrected chi connectivity index (χ0v) is 6.29. The van der Waals surface area contributed by atoms with Crippen molar-refractivity contribution in [1.82, 2.24) is 9.97 Å². The lowest BCUT2D eigenvalue weighted by molar-refractivity contribution is 0.144. The third-order valence-electron chi connectivity index (χ3n) is 1.15. The van der Waals surface area contributed by atoms with Crippen LogP contribution in [-0.4, -0.2) is 17.1 Å². The van der Waals surface area contributed by atoms with E-state index < -0.39 is 12.1 Å². The SMILES string of the molecule is COc1nc(N)cc(C(F)F)n1. The third kappa shape index (κ3) is 1.77. The zero-order valence-electron chi connectivity index (χ0n) is 6.29. The molecule has 1 aromatic heterocycles. The maximum Gasteiger partial charge on any atom is 0.318 e. The molecule has 0 fully saturated rings. The van der Waals surface area contributed by atoms with Crippen LogP contribution in [0.1, 0.15) is 12.1 Å². The molecule has 0 radical (unpaired) electrons. The Morgan fingerprint density at radius 3 is 2.67 bits per heavy atom. The number of hydrogen-bond acceptors (Lipinski definition) is 4. The smallest absolute Gasteiger partial charge is 0.318 e. The van der Waals surface area contributed by atoms with Crippen LogP contribution in [0.3, 0.4) is 0 Å². The fraction of sp³-hybridized carbons (Fsp3) is 0.333. The van der Waals surface area contributed by atoms with Crippen molar-refractivity contribution in [3.8, 4) is 6.01 Å². The zero-order chi connectivity index (χ0) is 9.14. The molecule has 0 aliphatic carbocycles. The standard InChI is InChI=1S/C6H7F2N3O/c1-12-6-10-3(5(7)8)2-4(9)11-6/h2,5H,1H3,(H2,9,10,11). The lowest BCUT2D eigenvalue weighted by atomic mass is 10.4. The first-order valence-corrected chi connectivity index (χ1v) is 3.10. The van der Waals surface area contributed by atoms with Gasteiger partial charge in [-0.15, -0.1) is 0 Å². The van der Waals surface area contributed by atoms with E-state index in [1.165, 1.54) is 7.11 Å². The molecule has 66 valence electrons. The summed E-state index contributed by atoms with van der Waals surface area (Å²) in [4.78, 5) is 6.93. The summed E-state index contributed by atoms with van der Waals surface area (Å²) in [5.41, 5.74) is 4.78. The van der Waals surface area contributed by atoms with E-state index in [1.807, 2.05) is 0 Å². The molecule has 0 saturated carbocycles. The number of anilines is 1. The minimum absolute atomic E-state index is 0.0304. The van der Waals surface area contributed by atoms with Crippen LogP contribution in [0.25, 0.3) is 0 Å². The van der Waals surface area contributed by atoms with Crippen LogP contribution in [0, 0.1) is 0 Å². The quantitative estimate of drug-likeness (QED) is 0.728. The van der Waals surface area contributed by atoms with Crippen molar-refractivity contribution in [1.29, 1.82) is 0 Å². The van der Waals surface area contributed by atoms with Crippen LogP contribution in [0.5, 0.6) is 6.01 Å². The molecule has 1 rings (SSSR count). The normalized spacial score (nSPS) is 10.3. The van der Waals surface area contributed by atoms with Gasteiger partial charge in [-0.2, -0.15) is 9.97 Å². The van der Waals surface area contributed by atoms with Crippen molar-refractivity contribution < 1.29 is 13.5 Å². The molecule has 0 aliphatic heterocycles. The maximum absolute atomic E-state index is 12.1. The van der Waals surface area contributed by atoms with E-state index in [4.69, 9.17) is 5.73 Å². The summed E-state index contributed by atoms with van der Waals surface area (Å²) in [5.74, 6) is -0.0304. The predicted octanol–water partition coefficient (Wildman–Crippen LogP) is 1.01. The van der Waals surface area contributed by atoms with Gasteiger partial charge in [-0.3, -0.25) is 0 Å². The molecule has 12 heavy (non-hydrogen) atoms. The van der Waals surface area contributed by atoms with Gasteiger partial charge in [0.1, 0.15) is 11.5 Å². The van der Waals surface area contributed by atoms with E-state index in [0.29, 0.717) is 0 Å². The van der Waals surface area contributed by atoms with E-state index in [2.05, 4.69) is 14.7 Å². The minimum Gasteiger partial charge on any atom is -0.467 e. The molecule has 6 heteroatoms. The number of aromatic nitrogens is 2. The van der Waals surface area contributed by atoms with Gasteiger partial charge in [0.25, 0.3) is 6.43 Å². The predicted molar refractivity (Wildman–Crippen MR) is 38.0 cm³/mol. The first-order chi connectivity index (χ1) is 5.63. The molecule has 0 aromatic carbocycles. The third-order valence-corrected chi connectivity index (χ3v) is 1.15. The van der Waals surface area contributed by atoms with Crippen LogP contribution in [0.15, 0.2) is 6.07 Å². The Labute approximate surface area is 67.4 Å². The summed E-state index contributed by atoms with van der Waals surface area (Å²) >= 11 is 0. The van der Waals surface area contributed by atoms with Crippen molar-refractivity contribution in [3.05, 3.63) is 11.8 Å². The number of halogens is 2. The van der Waals surface area contributed by atoms with Crippen LogP contribution in [0.4, 0.5) is 14.6 Å². The highest BCUT2D eigenvalue weighted by Crippen LogP contribution is 2.19. The van der Waals surface area contributed by atoms with E-state index >= 15 is 0 Å². The Kier molecular flexibility index (Phi) is 2.37. The summed E-state index contributed by atoms with van der Waals surface area (Å²) < 4.78 is 28.7. The summed E-state index contributed by atoms with van der Waals surface area (Å²) in [7, 11) is 1.28. The Morgan fingerprint density at radius 2 is 2.17 bits per heavy atom. The molecule has 0 bridgehead atoms. The van der Waals surface area contributed by atoms with Crippen LogP contribution >= 0.6 is 0 Å². The molecule has 0 aliphatic rings. The van der Waals surface area contributed by atoms with E-state index in [0.717, 1.165) is 6.07 Å². The first kappa shape index (κ1) is 8.63. The highest BCUT2D eigenvalue weighted by Gasteiger charge is 2.11. The van der Waals surface area contributed by atoms with Gasteiger partial charge in [-0.25, -0.2) is 8.78 Å². The fourth-order valence-electron chi connectivity index (χ4n) is 0.665. The molecular formula is C6H7F2N3O. The van der Waals surface area contributed by atoms with Gasteiger partial charge in [0.05, 0.1) is 7.11 Å². The largest absolute Gasteiger partial charge is 0.467 e. The Morgan fingerprint density at radius 1 is 1.50 bits per heavy atom. The van der Waals surface area contributed by atoms with Crippen molar-refractivity contribution >= 4 is 5.82 Å². The highest BCUT2D eigenvalue weighted by molar-refractivity contribution is 5.31. The number of methoxy groups -OCH3 is 1. The molecule has 0 atom stereocenters. The molecule has 0 spiro atoms. The monoisotopic (exact) mass is 175 g/mol. The van der Waals surface area contributed by atoms with Gasteiger partial charge in [-0.05, 0) is 0 Å². The maximum atomic E-state index is 12.1. The molecule has 4 nitrogen and oxygen atoms in total. The fourth-order valence-corrected chi connectivity index (χ4v) is 0.665. The molecule has 0 unspecified atom stereocenters. The lowest BCUT2D eigenvalue weighted by Crippen LogP contribution is -2.01. The molecule has 1 heterocycles. The van der Waals surface area contributed by atoms with Gasteiger partial charge < -0.3 is 10.5 Å². The average Bonchev–Trinajstić information content (AvgIpc) is 2.03. The van der Waals surface area contributed by atoms with Crippen LogP contribution < -0.4 is 10.5 Å². The van der Waals surface area contributed by atoms with E-state index in [-0.39, 0.29) is 11.8 Å². The van der Waals surface area contributed by atoms with Gasteiger partial charge in [0.15, 0.2) is 0 Å². The number of nitrogens with zero attached hydrogens (tertiary/aromatic N) is 2. The Balaban J connectivity index is 3.06. The first-order valence-electron chi connectivity index (χ1n) is 3.10. The topological polar surface area (TPSA) is 61.0 Å². The van der Waals surface area contributed by atoms with Gasteiger partial charge in [0.2, 0.25) is 0 Å². The molecule has 2 N–H and O–H groups in total. The highest BCUT2D eigenvalue weighted by atomic mass is 19.3. The van der Waals surface area contributed by atoms with Gasteiger partial charge in [-0.1, -0.05) is 0 Å². The Bertz CT molecular complexity index is 279. The minimum atomic E-state index is -2.66. The second-order valence-electron chi connectivity index (χ2n) is 2.01. The van der Waals surface area contributed by atoms with Crippen LogP contribution in [0.2, 0.25) is 0 Å². The number of alkyl halides is 2. The Hall–Kier alpha value is -1.46. The lowest BCUT2D eigenvalue weighted by Gasteiger charge is -2.02. The van der Waals surface area contributed by atoms with Gasteiger partial charge in [0, 0.05) is 6.07 Å². The number of rotatable bonds is 2. The number of nitrogen functional groups attached to an aromatic ring is 1. The van der Waals surface area contributed by atoms with Crippen molar-refractivity contribution in [2.45, 2.75) is 6.43 Å². The number of ether oxygens (including phenoxy) is 1. The van der Waals surface area contributed by atoms with Crippen LogP contribution in [-0.2, 0) is 0 Å². The summed E-state index contributed by atoms with van der Waals surface area (Å²) in [6.07, 6.45) is -2.66. The van der Waals surface area contributed by atoms with Crippen molar-refractivity contribution in [2.75, 3.05) is 12.8 Å². The molecule has 1 aromatic rings. The van der Waals surface area contributed by atoms with E-state index in [1.54, 1.807) is 0 Å². The molecular weight excluding hydrogens is 168 g/mol. The van der Waals surface area contributed by atoms with E-state index in [9.17, 15) is 8.78 Å². The summed E-state index contributed by atoms with van der Waals surface area (Å²) in [6, 6.07) is 0.859. The van der Waals surface area contributed by atoms with Crippen molar-refractivity contribution in [2.24, 2.45) is 0 Å². The summed E-state index contributed by atoms with van der Waals surface area (Å²) in [6.45, 7) is 0. The molecule has 0 saturated heterocycles.